The minimum Gasteiger partial charge on any atom is -0.351 e. The standard InChI is InChI=1S/C24H25F4N7O2S/c1-14-20(23(38-34-14)33-19-12-29-11-18(32-19)24(26,27)28)22(37)31-17-6-4-15(5-7-17)21(36)30-8-10-35-9-2-3-16(25)13-35/h4-7,11-12,16H,2-3,8-10,13H2,1H3,(H,30,36)(H,31,37)(H,32,33). The third-order valence-corrected chi connectivity index (χ3v) is 6.68. The quantitative estimate of drug-likeness (QED) is 0.356. The van der Waals surface area contributed by atoms with Crippen molar-refractivity contribution in [3.05, 3.63) is 59.2 Å². The molecule has 0 saturated carbocycles. The van der Waals surface area contributed by atoms with Crippen molar-refractivity contribution in [3.63, 3.8) is 0 Å². The molecule has 2 aromatic heterocycles. The number of rotatable bonds is 8. The van der Waals surface area contributed by atoms with Crippen molar-refractivity contribution >= 4 is 39.9 Å². The number of hydrogen-bond acceptors (Lipinski definition) is 8. The maximum atomic E-state index is 13.5. The van der Waals surface area contributed by atoms with Crippen molar-refractivity contribution in [1.82, 2.24) is 24.6 Å². The average Bonchev–Trinajstić information content (AvgIpc) is 3.24. The zero-order valence-electron chi connectivity index (χ0n) is 20.3. The van der Waals surface area contributed by atoms with Crippen LogP contribution < -0.4 is 16.0 Å². The van der Waals surface area contributed by atoms with E-state index in [1.54, 1.807) is 31.2 Å². The maximum absolute atomic E-state index is 13.5. The van der Waals surface area contributed by atoms with E-state index in [1.165, 1.54) is 0 Å². The van der Waals surface area contributed by atoms with Crippen molar-refractivity contribution in [1.29, 1.82) is 0 Å². The molecule has 0 bridgehead atoms. The van der Waals surface area contributed by atoms with Crippen LogP contribution in [0.2, 0.25) is 0 Å². The Morgan fingerprint density at radius 1 is 1.16 bits per heavy atom. The highest BCUT2D eigenvalue weighted by Crippen LogP contribution is 2.31. The molecule has 3 aromatic rings. The number of carbonyl (C=O) groups is 2. The summed E-state index contributed by atoms with van der Waals surface area (Å²) in [6, 6.07) is 6.23. The minimum absolute atomic E-state index is 0.143. The van der Waals surface area contributed by atoms with Crippen molar-refractivity contribution in [2.45, 2.75) is 32.1 Å². The summed E-state index contributed by atoms with van der Waals surface area (Å²) in [6.07, 6.45) is -2.38. The molecule has 202 valence electrons. The molecule has 3 heterocycles. The van der Waals surface area contributed by atoms with E-state index in [1.807, 2.05) is 4.90 Å². The Kier molecular flexibility index (Phi) is 8.52. The predicted molar refractivity (Wildman–Crippen MR) is 134 cm³/mol. The number of anilines is 3. The van der Waals surface area contributed by atoms with Gasteiger partial charge in [-0.1, -0.05) is 0 Å². The Morgan fingerprint density at radius 2 is 1.92 bits per heavy atom. The van der Waals surface area contributed by atoms with E-state index in [0.717, 1.165) is 30.7 Å². The lowest BCUT2D eigenvalue weighted by atomic mass is 10.1. The molecule has 2 amide bonds. The van der Waals surface area contributed by atoms with Gasteiger partial charge in [0, 0.05) is 30.9 Å². The zero-order valence-corrected chi connectivity index (χ0v) is 21.1. The number of carbonyl (C=O) groups excluding carboxylic acids is 2. The summed E-state index contributed by atoms with van der Waals surface area (Å²) in [5, 5.41) is 8.40. The lowest BCUT2D eigenvalue weighted by Crippen LogP contribution is -2.41. The van der Waals surface area contributed by atoms with Crippen LogP contribution in [0.15, 0.2) is 36.7 Å². The molecule has 0 aliphatic carbocycles. The fourth-order valence-corrected chi connectivity index (χ4v) is 4.73. The summed E-state index contributed by atoms with van der Waals surface area (Å²) >= 11 is 0.899. The van der Waals surface area contributed by atoms with E-state index < -0.39 is 23.9 Å². The summed E-state index contributed by atoms with van der Waals surface area (Å²) < 4.78 is 56.5. The van der Waals surface area contributed by atoms with Crippen molar-refractivity contribution < 1.29 is 27.2 Å². The number of piperidine rings is 1. The van der Waals surface area contributed by atoms with Crippen LogP contribution >= 0.6 is 11.5 Å². The molecule has 1 fully saturated rings. The van der Waals surface area contributed by atoms with Gasteiger partial charge in [0.15, 0.2) is 5.69 Å². The molecule has 0 radical (unpaired) electrons. The Balaban J connectivity index is 1.35. The highest BCUT2D eigenvalue weighted by molar-refractivity contribution is 7.10. The van der Waals surface area contributed by atoms with E-state index in [9.17, 15) is 27.2 Å². The van der Waals surface area contributed by atoms with Gasteiger partial charge in [-0.3, -0.25) is 19.5 Å². The van der Waals surface area contributed by atoms with Gasteiger partial charge in [-0.15, -0.1) is 0 Å². The maximum Gasteiger partial charge on any atom is 0.434 e. The average molecular weight is 552 g/mol. The van der Waals surface area contributed by atoms with E-state index in [0.29, 0.717) is 49.2 Å². The first-order valence-electron chi connectivity index (χ1n) is 11.8. The van der Waals surface area contributed by atoms with Gasteiger partial charge in [0.25, 0.3) is 11.8 Å². The van der Waals surface area contributed by atoms with Crippen LogP contribution in [0.25, 0.3) is 0 Å². The molecule has 1 unspecified atom stereocenters. The predicted octanol–water partition coefficient (Wildman–Crippen LogP) is 4.42. The van der Waals surface area contributed by atoms with Crippen LogP contribution in [0.5, 0.6) is 0 Å². The summed E-state index contributed by atoms with van der Waals surface area (Å²) in [5.74, 6) is -1.01. The second kappa shape index (κ2) is 11.8. The van der Waals surface area contributed by atoms with Crippen LogP contribution in [0, 0.1) is 6.92 Å². The number of aryl methyl sites for hydroxylation is 1. The molecule has 1 aliphatic rings. The number of nitrogens with one attached hydrogen (secondary N) is 3. The first-order valence-corrected chi connectivity index (χ1v) is 12.6. The Morgan fingerprint density at radius 3 is 2.63 bits per heavy atom. The van der Waals surface area contributed by atoms with Gasteiger partial charge in [0.2, 0.25) is 0 Å². The van der Waals surface area contributed by atoms with Crippen molar-refractivity contribution in [3.8, 4) is 0 Å². The lowest BCUT2D eigenvalue weighted by molar-refractivity contribution is -0.141. The molecule has 38 heavy (non-hydrogen) atoms. The normalized spacial score (nSPS) is 16.2. The number of likely N-dealkylation sites (tertiary alicyclic amines) is 1. The van der Waals surface area contributed by atoms with E-state index in [4.69, 9.17) is 0 Å². The fourth-order valence-electron chi connectivity index (χ4n) is 3.93. The van der Waals surface area contributed by atoms with Crippen molar-refractivity contribution in [2.75, 3.05) is 36.8 Å². The number of nitrogens with zero attached hydrogens (tertiary/aromatic N) is 4. The van der Waals surface area contributed by atoms with Gasteiger partial charge in [0.1, 0.15) is 17.0 Å². The smallest absolute Gasteiger partial charge is 0.351 e. The molecule has 4 rings (SSSR count). The summed E-state index contributed by atoms with van der Waals surface area (Å²) in [6.45, 7) is 3.75. The number of amides is 2. The molecular formula is C24H25F4N7O2S. The molecule has 14 heteroatoms. The Labute approximate surface area is 219 Å². The summed E-state index contributed by atoms with van der Waals surface area (Å²) in [5.41, 5.74) is 0.148. The Hall–Kier alpha value is -3.65. The van der Waals surface area contributed by atoms with Gasteiger partial charge in [-0.25, -0.2) is 9.37 Å². The zero-order chi connectivity index (χ0) is 27.3. The van der Waals surface area contributed by atoms with Gasteiger partial charge >= 0.3 is 6.18 Å². The van der Waals surface area contributed by atoms with Gasteiger partial charge in [-0.2, -0.15) is 17.5 Å². The topological polar surface area (TPSA) is 112 Å². The highest BCUT2D eigenvalue weighted by atomic mass is 32.1. The third-order valence-electron chi connectivity index (χ3n) is 5.82. The number of alkyl halides is 4. The van der Waals surface area contributed by atoms with Crippen LogP contribution in [-0.4, -0.2) is 63.4 Å². The first-order chi connectivity index (χ1) is 18.1. The minimum atomic E-state index is -4.66. The monoisotopic (exact) mass is 551 g/mol. The third kappa shape index (κ3) is 7.01. The van der Waals surface area contributed by atoms with Crippen LogP contribution in [0.3, 0.4) is 0 Å². The van der Waals surface area contributed by atoms with Crippen LogP contribution in [0.4, 0.5) is 34.1 Å². The first kappa shape index (κ1) is 27.4. The molecule has 0 spiro atoms. The lowest BCUT2D eigenvalue weighted by Gasteiger charge is -2.28. The highest BCUT2D eigenvalue weighted by Gasteiger charge is 2.33. The van der Waals surface area contributed by atoms with Crippen LogP contribution in [-0.2, 0) is 6.18 Å². The fraction of sp³-hybridized carbons (Fsp3) is 0.375. The largest absolute Gasteiger partial charge is 0.434 e. The van der Waals surface area contributed by atoms with E-state index >= 15 is 0 Å². The second-order valence-electron chi connectivity index (χ2n) is 8.71. The SMILES string of the molecule is Cc1nsc(Nc2cncc(C(F)(F)F)n2)c1C(=O)Nc1ccc(C(=O)NCCN2CCCC(F)C2)cc1. The van der Waals surface area contributed by atoms with Gasteiger partial charge in [0.05, 0.1) is 23.7 Å². The van der Waals surface area contributed by atoms with Gasteiger partial charge < -0.3 is 16.0 Å². The second-order valence-corrected chi connectivity index (χ2v) is 9.49. The molecule has 9 nitrogen and oxygen atoms in total. The molecule has 1 aromatic carbocycles. The molecule has 1 aliphatic heterocycles. The van der Waals surface area contributed by atoms with E-state index in [2.05, 4.69) is 30.3 Å². The number of hydrogen-bond donors (Lipinski definition) is 3. The molecule has 1 saturated heterocycles. The van der Waals surface area contributed by atoms with Gasteiger partial charge in [-0.05, 0) is 62.1 Å². The Bertz CT molecular complexity index is 1280. The van der Waals surface area contributed by atoms with Crippen LogP contribution in [0.1, 0.15) is 44.9 Å². The number of aromatic nitrogens is 3. The number of halogens is 4. The summed E-state index contributed by atoms with van der Waals surface area (Å²) in [4.78, 5) is 34.4. The van der Waals surface area contributed by atoms with E-state index in [-0.39, 0.29) is 22.3 Å². The molecule has 3 N–H and O–H groups in total. The number of benzene rings is 1. The summed E-state index contributed by atoms with van der Waals surface area (Å²) in [7, 11) is 0. The molecule has 1 atom stereocenters. The molecular weight excluding hydrogens is 526 g/mol. The van der Waals surface area contributed by atoms with Crippen molar-refractivity contribution in [2.24, 2.45) is 0 Å².